The van der Waals surface area contributed by atoms with Crippen molar-refractivity contribution in [3.8, 4) is 0 Å². The molecule has 2 rings (SSSR count). The van der Waals surface area contributed by atoms with Gasteiger partial charge in [0.1, 0.15) is 5.82 Å². The Morgan fingerprint density at radius 3 is 2.53 bits per heavy atom. The molecule has 2 aromatic carbocycles. The third kappa shape index (κ3) is 3.78. The minimum absolute atomic E-state index is 0.0870. The van der Waals surface area contributed by atoms with Gasteiger partial charge in [0.15, 0.2) is 0 Å². The molecule has 0 spiro atoms. The van der Waals surface area contributed by atoms with E-state index >= 15 is 0 Å². The molecule has 0 atom stereocenters. The van der Waals surface area contributed by atoms with Crippen LogP contribution in [0.2, 0.25) is 0 Å². The van der Waals surface area contributed by atoms with Gasteiger partial charge in [-0.1, -0.05) is 22.0 Å². The Balaban J connectivity index is 2.15. The molecule has 19 heavy (non-hydrogen) atoms. The van der Waals surface area contributed by atoms with E-state index in [4.69, 9.17) is 0 Å². The Bertz CT molecular complexity index is 604. The van der Waals surface area contributed by atoms with Crippen molar-refractivity contribution in [3.05, 3.63) is 68.4 Å². The maximum absolute atomic E-state index is 12.8. The Labute approximate surface area is 122 Å². The van der Waals surface area contributed by atoms with Gasteiger partial charge in [-0.25, -0.2) is 4.39 Å². The van der Waals surface area contributed by atoms with Crippen LogP contribution in [0.15, 0.2) is 51.8 Å². The molecule has 0 saturated carbocycles. The average Bonchev–Trinajstić information content (AvgIpc) is 2.39. The fourth-order valence-corrected chi connectivity index (χ4v) is 2.76. The summed E-state index contributed by atoms with van der Waals surface area (Å²) in [7, 11) is 0. The SMILES string of the molecule is O=[N+]([O-])c1cc(Br)ccc1CSc1ccc(F)cc1. The van der Waals surface area contributed by atoms with E-state index in [2.05, 4.69) is 15.9 Å². The number of benzene rings is 2. The molecule has 0 amide bonds. The van der Waals surface area contributed by atoms with Gasteiger partial charge in [-0.2, -0.15) is 0 Å². The number of hydrogen-bond acceptors (Lipinski definition) is 3. The highest BCUT2D eigenvalue weighted by molar-refractivity contribution is 9.10. The molecule has 0 aliphatic heterocycles. The number of rotatable bonds is 4. The number of hydrogen-bond donors (Lipinski definition) is 0. The first kappa shape index (κ1) is 14.0. The fraction of sp³-hybridized carbons (Fsp3) is 0.0769. The maximum Gasteiger partial charge on any atom is 0.274 e. The van der Waals surface area contributed by atoms with Crippen LogP contribution in [-0.4, -0.2) is 4.92 Å². The molecule has 0 fully saturated rings. The molecule has 98 valence electrons. The van der Waals surface area contributed by atoms with Crippen molar-refractivity contribution in [2.45, 2.75) is 10.6 Å². The molecule has 0 heterocycles. The van der Waals surface area contributed by atoms with E-state index in [9.17, 15) is 14.5 Å². The lowest BCUT2D eigenvalue weighted by atomic mass is 10.2. The highest BCUT2D eigenvalue weighted by atomic mass is 79.9. The highest BCUT2D eigenvalue weighted by Crippen LogP contribution is 2.30. The van der Waals surface area contributed by atoms with E-state index < -0.39 is 4.92 Å². The zero-order valence-electron chi connectivity index (χ0n) is 9.68. The molecule has 3 nitrogen and oxygen atoms in total. The summed E-state index contributed by atoms with van der Waals surface area (Å²) >= 11 is 4.65. The van der Waals surface area contributed by atoms with Crippen LogP contribution in [0, 0.1) is 15.9 Å². The van der Waals surface area contributed by atoms with E-state index in [0.29, 0.717) is 15.8 Å². The second-order valence-corrected chi connectivity index (χ2v) is 5.74. The Morgan fingerprint density at radius 1 is 1.21 bits per heavy atom. The van der Waals surface area contributed by atoms with Crippen LogP contribution in [0.5, 0.6) is 0 Å². The molecule has 0 unspecified atom stereocenters. The van der Waals surface area contributed by atoms with Crippen molar-refractivity contribution >= 4 is 33.4 Å². The maximum atomic E-state index is 12.8. The molecular weight excluding hydrogens is 333 g/mol. The lowest BCUT2D eigenvalue weighted by Gasteiger charge is -2.04. The molecule has 0 aliphatic rings. The van der Waals surface area contributed by atoms with Gasteiger partial charge < -0.3 is 0 Å². The number of nitro groups is 1. The number of halogens is 2. The van der Waals surface area contributed by atoms with Gasteiger partial charge in [0.25, 0.3) is 5.69 Å². The first-order valence-electron chi connectivity index (χ1n) is 5.37. The Kier molecular flexibility index (Phi) is 4.55. The van der Waals surface area contributed by atoms with Gasteiger partial charge in [-0.3, -0.25) is 10.1 Å². The molecule has 0 aliphatic carbocycles. The highest BCUT2D eigenvalue weighted by Gasteiger charge is 2.14. The third-order valence-electron chi connectivity index (χ3n) is 2.45. The summed E-state index contributed by atoms with van der Waals surface area (Å²) in [6.45, 7) is 0. The smallest absolute Gasteiger partial charge is 0.258 e. The van der Waals surface area contributed by atoms with Crippen LogP contribution in [0.1, 0.15) is 5.56 Å². The van der Waals surface area contributed by atoms with Crippen molar-refractivity contribution in [1.82, 2.24) is 0 Å². The minimum Gasteiger partial charge on any atom is -0.258 e. The van der Waals surface area contributed by atoms with Gasteiger partial charge >= 0.3 is 0 Å². The summed E-state index contributed by atoms with van der Waals surface area (Å²) in [5.74, 6) is 0.175. The van der Waals surface area contributed by atoms with E-state index in [1.54, 1.807) is 24.3 Å². The fourth-order valence-electron chi connectivity index (χ4n) is 1.52. The minimum atomic E-state index is -0.398. The molecular formula is C13H9BrFNO2S. The molecule has 0 N–H and O–H groups in total. The van der Waals surface area contributed by atoms with Crippen LogP contribution in [0.3, 0.4) is 0 Å². The summed E-state index contributed by atoms with van der Waals surface area (Å²) in [5, 5.41) is 11.0. The Hall–Kier alpha value is -1.40. The zero-order valence-corrected chi connectivity index (χ0v) is 12.1. The van der Waals surface area contributed by atoms with Crippen molar-refractivity contribution < 1.29 is 9.31 Å². The standard InChI is InChI=1S/C13H9BrFNO2S/c14-10-2-1-9(13(7-10)16(17)18)8-19-12-5-3-11(15)4-6-12/h1-7H,8H2. The van der Waals surface area contributed by atoms with Gasteiger partial charge in [-0.15, -0.1) is 11.8 Å². The molecule has 0 saturated heterocycles. The molecule has 0 radical (unpaired) electrons. The van der Waals surface area contributed by atoms with Crippen molar-refractivity contribution in [2.24, 2.45) is 0 Å². The first-order chi connectivity index (χ1) is 9.06. The molecule has 6 heteroatoms. The largest absolute Gasteiger partial charge is 0.274 e. The van der Waals surface area contributed by atoms with Gasteiger partial charge in [0, 0.05) is 26.8 Å². The van der Waals surface area contributed by atoms with Crippen LogP contribution >= 0.6 is 27.7 Å². The third-order valence-corrected chi connectivity index (χ3v) is 4.01. The zero-order chi connectivity index (χ0) is 13.8. The summed E-state index contributed by atoms with van der Waals surface area (Å²) in [5.41, 5.74) is 0.728. The van der Waals surface area contributed by atoms with Crippen molar-refractivity contribution in [2.75, 3.05) is 0 Å². The molecule has 2 aromatic rings. The first-order valence-corrected chi connectivity index (χ1v) is 7.15. The topological polar surface area (TPSA) is 43.1 Å². The summed E-state index contributed by atoms with van der Waals surface area (Å²) in [6, 6.07) is 11.0. The second kappa shape index (κ2) is 6.16. The van der Waals surface area contributed by atoms with Crippen LogP contribution in [0.4, 0.5) is 10.1 Å². The lowest BCUT2D eigenvalue weighted by Crippen LogP contribution is -1.94. The summed E-state index contributed by atoms with van der Waals surface area (Å²) in [4.78, 5) is 11.4. The van der Waals surface area contributed by atoms with Crippen LogP contribution in [0.25, 0.3) is 0 Å². The molecule has 0 aromatic heterocycles. The Morgan fingerprint density at radius 2 is 1.89 bits per heavy atom. The predicted molar refractivity (Wildman–Crippen MR) is 76.8 cm³/mol. The number of nitrogens with zero attached hydrogens (tertiary/aromatic N) is 1. The summed E-state index contributed by atoms with van der Waals surface area (Å²) in [6.07, 6.45) is 0. The van der Waals surface area contributed by atoms with Crippen molar-refractivity contribution in [1.29, 1.82) is 0 Å². The van der Waals surface area contributed by atoms with E-state index in [-0.39, 0.29) is 11.5 Å². The second-order valence-electron chi connectivity index (χ2n) is 3.77. The average molecular weight is 342 g/mol. The van der Waals surface area contributed by atoms with Crippen LogP contribution < -0.4 is 0 Å². The monoisotopic (exact) mass is 341 g/mol. The van der Waals surface area contributed by atoms with Crippen molar-refractivity contribution in [3.63, 3.8) is 0 Å². The van der Waals surface area contributed by atoms with Gasteiger partial charge in [0.2, 0.25) is 0 Å². The van der Waals surface area contributed by atoms with E-state index in [1.165, 1.54) is 30.0 Å². The molecule has 0 bridgehead atoms. The normalized spacial score (nSPS) is 10.4. The quantitative estimate of drug-likeness (QED) is 0.456. The van der Waals surface area contributed by atoms with E-state index in [1.807, 2.05) is 0 Å². The number of thioether (sulfide) groups is 1. The van der Waals surface area contributed by atoms with Gasteiger partial charge in [-0.05, 0) is 30.3 Å². The van der Waals surface area contributed by atoms with Gasteiger partial charge in [0.05, 0.1) is 4.92 Å². The number of nitro benzene ring substituents is 1. The van der Waals surface area contributed by atoms with E-state index in [0.717, 1.165) is 4.90 Å². The summed E-state index contributed by atoms with van der Waals surface area (Å²) < 4.78 is 13.4. The predicted octanol–water partition coefficient (Wildman–Crippen LogP) is 4.79. The van der Waals surface area contributed by atoms with Crippen LogP contribution in [-0.2, 0) is 5.75 Å². The lowest BCUT2D eigenvalue weighted by molar-refractivity contribution is -0.385.